The molecule has 1 N–H and O–H groups in total. The zero-order chi connectivity index (χ0) is 19.5. The van der Waals surface area contributed by atoms with Gasteiger partial charge in [0.15, 0.2) is 0 Å². The molecule has 0 spiro atoms. The Morgan fingerprint density at radius 1 is 1.04 bits per heavy atom. The van der Waals surface area contributed by atoms with E-state index < -0.39 is 0 Å². The van der Waals surface area contributed by atoms with Crippen LogP contribution in [0, 0.1) is 16.7 Å². The van der Waals surface area contributed by atoms with Crippen LogP contribution in [0.5, 0.6) is 5.75 Å². The smallest absolute Gasteiger partial charge is 0.123 e. The molecule has 3 unspecified atom stereocenters. The number of hydrogen-bond acceptors (Lipinski definition) is 2. The molecular weight excluding hydrogens is 336 g/mol. The van der Waals surface area contributed by atoms with Crippen molar-refractivity contribution >= 4 is 12.6 Å². The van der Waals surface area contributed by atoms with Crippen LogP contribution in [0.4, 0.5) is 0 Å². The van der Waals surface area contributed by atoms with Gasteiger partial charge in [0.1, 0.15) is 5.75 Å². The third-order valence-electron chi connectivity index (χ3n) is 6.96. The van der Waals surface area contributed by atoms with Crippen molar-refractivity contribution in [3.8, 4) is 5.75 Å². The van der Waals surface area contributed by atoms with Crippen molar-refractivity contribution in [2.45, 2.75) is 97.2 Å². The lowest BCUT2D eigenvalue weighted by molar-refractivity contribution is -0.0213. The number of rotatable bonds is 2. The van der Waals surface area contributed by atoms with Crippen LogP contribution < -0.4 is 0 Å². The van der Waals surface area contributed by atoms with E-state index in [0.29, 0.717) is 22.3 Å². The van der Waals surface area contributed by atoms with E-state index in [9.17, 15) is 5.11 Å². The van der Waals surface area contributed by atoms with Crippen molar-refractivity contribution in [2.75, 3.05) is 0 Å². The lowest BCUT2D eigenvalue weighted by atomic mass is 9.49. The van der Waals surface area contributed by atoms with Gasteiger partial charge in [-0.1, -0.05) is 60.6 Å². The van der Waals surface area contributed by atoms with E-state index in [1.807, 2.05) is 0 Å². The number of phenols is 1. The Hall–Kier alpha value is -0.630. The average Bonchev–Trinajstić information content (AvgIpc) is 2.41. The van der Waals surface area contributed by atoms with Crippen LogP contribution in [-0.4, -0.2) is 5.11 Å². The van der Waals surface area contributed by atoms with E-state index in [0.717, 1.165) is 11.5 Å². The van der Waals surface area contributed by atoms with Gasteiger partial charge in [-0.2, -0.15) is 12.6 Å². The van der Waals surface area contributed by atoms with Crippen LogP contribution in [0.2, 0.25) is 0 Å². The van der Waals surface area contributed by atoms with Crippen LogP contribution in [-0.2, 0) is 16.6 Å². The normalized spacial score (nSPS) is 33.9. The molecule has 26 heavy (non-hydrogen) atoms. The van der Waals surface area contributed by atoms with Crippen LogP contribution in [0.25, 0.3) is 0 Å². The van der Waals surface area contributed by atoms with Crippen LogP contribution in [0.3, 0.4) is 0 Å². The van der Waals surface area contributed by atoms with Crippen LogP contribution in [0.1, 0.15) is 97.3 Å². The molecule has 3 atom stereocenters. The Morgan fingerprint density at radius 3 is 2.23 bits per heavy atom. The minimum Gasteiger partial charge on any atom is -0.507 e. The average molecular weight is 375 g/mol. The molecule has 0 amide bonds. The largest absolute Gasteiger partial charge is 0.507 e. The van der Waals surface area contributed by atoms with Crippen molar-refractivity contribution in [1.82, 2.24) is 0 Å². The van der Waals surface area contributed by atoms with Crippen molar-refractivity contribution in [2.24, 2.45) is 16.7 Å². The number of thiol groups is 1. The Bertz CT molecular complexity index is 697. The maximum absolute atomic E-state index is 11.1. The number of phenolic OH excluding ortho intramolecular Hbond substituents is 1. The summed E-state index contributed by atoms with van der Waals surface area (Å²) in [5.41, 5.74) is 4.43. The first-order valence-corrected chi connectivity index (χ1v) is 10.9. The number of hydrogen-bond donors (Lipinski definition) is 2. The molecule has 2 aliphatic rings. The van der Waals surface area contributed by atoms with Crippen molar-refractivity contribution in [3.05, 3.63) is 28.8 Å². The minimum atomic E-state index is 0.0528. The van der Waals surface area contributed by atoms with Gasteiger partial charge >= 0.3 is 0 Å². The summed E-state index contributed by atoms with van der Waals surface area (Å²) in [5, 5.41) is 11.1. The van der Waals surface area contributed by atoms with Crippen molar-refractivity contribution < 1.29 is 5.11 Å². The Balaban J connectivity index is 2.08. The zero-order valence-electron chi connectivity index (χ0n) is 17.9. The van der Waals surface area contributed by atoms with E-state index >= 15 is 0 Å². The molecule has 2 heteroatoms. The van der Waals surface area contributed by atoms with Gasteiger partial charge in [0.2, 0.25) is 0 Å². The summed E-state index contributed by atoms with van der Waals surface area (Å²) < 4.78 is 0. The maximum Gasteiger partial charge on any atom is 0.123 e. The van der Waals surface area contributed by atoms with Crippen molar-refractivity contribution in [3.63, 3.8) is 0 Å². The zero-order valence-corrected chi connectivity index (χ0v) is 18.8. The first-order chi connectivity index (χ1) is 11.8. The monoisotopic (exact) mass is 374 g/mol. The number of benzene rings is 1. The highest BCUT2D eigenvalue weighted by Gasteiger charge is 2.51. The molecule has 0 aliphatic heterocycles. The lowest BCUT2D eigenvalue weighted by Gasteiger charge is -2.56. The standard InChI is InChI=1S/C24H38OS/c1-21(2,3)18-8-17(13-26)20(25)19(9-18)24(7)12-16-10-22(4,5)14-23(6,11-16)15-24/h8-9,16,25-26H,10-15H2,1-7H3. The Kier molecular flexibility index (Phi) is 4.79. The van der Waals surface area contributed by atoms with E-state index in [2.05, 4.69) is 73.2 Å². The molecule has 3 rings (SSSR count). The fourth-order valence-electron chi connectivity index (χ4n) is 6.69. The first-order valence-electron chi connectivity index (χ1n) is 10.2. The topological polar surface area (TPSA) is 20.2 Å². The molecule has 2 fully saturated rings. The second kappa shape index (κ2) is 6.19. The summed E-state index contributed by atoms with van der Waals surface area (Å²) in [6, 6.07) is 4.46. The van der Waals surface area contributed by atoms with Gasteiger partial charge in [-0.25, -0.2) is 0 Å². The summed E-state index contributed by atoms with van der Waals surface area (Å²) in [4.78, 5) is 0. The van der Waals surface area contributed by atoms with Gasteiger partial charge in [0.25, 0.3) is 0 Å². The van der Waals surface area contributed by atoms with Gasteiger partial charge < -0.3 is 5.11 Å². The van der Waals surface area contributed by atoms with Gasteiger partial charge in [0.05, 0.1) is 0 Å². The van der Waals surface area contributed by atoms with Gasteiger partial charge in [0, 0.05) is 16.9 Å². The summed E-state index contributed by atoms with van der Waals surface area (Å²) in [5.74, 6) is 1.85. The first kappa shape index (κ1) is 20.1. The Labute approximate surface area is 166 Å². The quantitative estimate of drug-likeness (QED) is 0.534. The minimum absolute atomic E-state index is 0.0528. The molecule has 0 aromatic heterocycles. The molecule has 2 bridgehead atoms. The van der Waals surface area contributed by atoms with E-state index in [1.165, 1.54) is 43.2 Å². The van der Waals surface area contributed by atoms with Gasteiger partial charge in [-0.3, -0.25) is 0 Å². The van der Waals surface area contributed by atoms with E-state index in [1.54, 1.807) is 0 Å². The van der Waals surface area contributed by atoms with Crippen molar-refractivity contribution in [1.29, 1.82) is 0 Å². The molecule has 0 radical (unpaired) electrons. The summed E-state index contributed by atoms with van der Waals surface area (Å²) in [6.45, 7) is 16.5. The molecular formula is C24H38OS. The maximum atomic E-state index is 11.1. The fraction of sp³-hybridized carbons (Fsp3) is 0.750. The Morgan fingerprint density at radius 2 is 1.69 bits per heavy atom. The van der Waals surface area contributed by atoms with Gasteiger partial charge in [-0.15, -0.1) is 0 Å². The molecule has 0 saturated heterocycles. The molecule has 1 aromatic carbocycles. The fourth-order valence-corrected chi connectivity index (χ4v) is 6.93. The molecule has 1 aromatic rings. The summed E-state index contributed by atoms with van der Waals surface area (Å²) in [6.07, 6.45) is 6.33. The van der Waals surface area contributed by atoms with Crippen LogP contribution >= 0.6 is 12.6 Å². The van der Waals surface area contributed by atoms with Crippen LogP contribution in [0.15, 0.2) is 12.1 Å². The van der Waals surface area contributed by atoms with E-state index in [4.69, 9.17) is 0 Å². The highest BCUT2D eigenvalue weighted by Crippen LogP contribution is 2.61. The second-order valence-corrected chi connectivity index (χ2v) is 12.1. The highest BCUT2D eigenvalue weighted by molar-refractivity contribution is 7.79. The summed E-state index contributed by atoms with van der Waals surface area (Å²) in [7, 11) is 0. The summed E-state index contributed by atoms with van der Waals surface area (Å²) >= 11 is 4.51. The van der Waals surface area contributed by atoms with E-state index in [-0.39, 0.29) is 10.8 Å². The SMILES string of the molecule is CC1(C)CC2CC(C)(C1)CC(C)(c1cc(C(C)(C)C)cc(CS)c1O)C2. The lowest BCUT2D eigenvalue weighted by Crippen LogP contribution is -2.47. The third kappa shape index (κ3) is 3.68. The molecule has 2 aliphatic carbocycles. The molecule has 0 heterocycles. The third-order valence-corrected chi connectivity index (χ3v) is 7.30. The highest BCUT2D eigenvalue weighted by atomic mass is 32.1. The molecule has 1 nitrogen and oxygen atoms in total. The number of aromatic hydroxyl groups is 1. The molecule has 146 valence electrons. The predicted octanol–water partition coefficient (Wildman–Crippen LogP) is 7.00. The molecule has 2 saturated carbocycles. The van der Waals surface area contributed by atoms with Gasteiger partial charge in [-0.05, 0) is 65.2 Å². The second-order valence-electron chi connectivity index (χ2n) is 11.8. The predicted molar refractivity (Wildman–Crippen MR) is 115 cm³/mol. The number of fused-ring (bicyclic) bond motifs is 2.